The van der Waals surface area contributed by atoms with Gasteiger partial charge in [-0.15, -0.1) is 0 Å². The van der Waals surface area contributed by atoms with Crippen molar-refractivity contribution < 1.29 is 0 Å². The van der Waals surface area contributed by atoms with Gasteiger partial charge in [-0.2, -0.15) is 0 Å². The monoisotopic (exact) mass is 252 g/mol. The van der Waals surface area contributed by atoms with Crippen LogP contribution >= 0.6 is 11.6 Å². The van der Waals surface area contributed by atoms with E-state index < -0.39 is 0 Å². The van der Waals surface area contributed by atoms with Crippen LogP contribution in [0.25, 0.3) is 0 Å². The van der Waals surface area contributed by atoms with Crippen molar-refractivity contribution in [1.82, 2.24) is 0 Å². The van der Waals surface area contributed by atoms with E-state index in [1.165, 1.54) is 19.3 Å². The lowest BCUT2D eigenvalue weighted by Crippen LogP contribution is -2.37. The van der Waals surface area contributed by atoms with Gasteiger partial charge < -0.3 is 10.6 Å². The fourth-order valence-electron chi connectivity index (χ4n) is 2.50. The Bertz CT molecular complexity index is 390. The summed E-state index contributed by atoms with van der Waals surface area (Å²) in [6, 6.07) is 6.83. The first-order chi connectivity index (χ1) is 8.09. The highest BCUT2D eigenvalue weighted by molar-refractivity contribution is 6.33. The van der Waals surface area contributed by atoms with E-state index in [0.717, 1.165) is 22.8 Å². The molecule has 0 amide bonds. The van der Waals surface area contributed by atoms with Gasteiger partial charge in [0, 0.05) is 18.6 Å². The van der Waals surface area contributed by atoms with Gasteiger partial charge in [-0.25, -0.2) is 0 Å². The molecule has 1 aromatic carbocycles. The minimum atomic E-state index is 0.0420. The van der Waals surface area contributed by atoms with Crippen molar-refractivity contribution in [3.63, 3.8) is 0 Å². The lowest BCUT2D eigenvalue weighted by Gasteiger charge is -2.36. The van der Waals surface area contributed by atoms with Crippen LogP contribution in [-0.2, 0) is 0 Å². The van der Waals surface area contributed by atoms with Crippen molar-refractivity contribution in [3.05, 3.63) is 28.8 Å². The molecule has 1 aliphatic heterocycles. The summed E-state index contributed by atoms with van der Waals surface area (Å²) in [7, 11) is 0. The maximum atomic E-state index is 6.37. The van der Waals surface area contributed by atoms with Crippen LogP contribution in [0.1, 0.15) is 44.7 Å². The third kappa shape index (κ3) is 2.75. The summed E-state index contributed by atoms with van der Waals surface area (Å²) in [4.78, 5) is 2.41. The van der Waals surface area contributed by atoms with Crippen LogP contribution in [0.4, 0.5) is 5.69 Å². The van der Waals surface area contributed by atoms with Crippen LogP contribution in [-0.4, -0.2) is 12.6 Å². The number of piperidine rings is 1. The third-order valence-electron chi connectivity index (χ3n) is 3.61. The second-order valence-electron chi connectivity index (χ2n) is 5.04. The molecule has 2 N–H and O–H groups in total. The fourth-order valence-corrected chi connectivity index (χ4v) is 2.79. The minimum Gasteiger partial charge on any atom is -0.368 e. The van der Waals surface area contributed by atoms with Gasteiger partial charge in [0.2, 0.25) is 0 Å². The van der Waals surface area contributed by atoms with E-state index in [4.69, 9.17) is 17.3 Å². The molecule has 3 heteroatoms. The van der Waals surface area contributed by atoms with Crippen LogP contribution in [0.5, 0.6) is 0 Å². The average Bonchev–Trinajstić information content (AvgIpc) is 2.30. The quantitative estimate of drug-likeness (QED) is 0.869. The highest BCUT2D eigenvalue weighted by Crippen LogP contribution is 2.32. The molecule has 0 spiro atoms. The number of halogens is 1. The summed E-state index contributed by atoms with van der Waals surface area (Å²) < 4.78 is 0. The van der Waals surface area contributed by atoms with Crippen molar-refractivity contribution in [3.8, 4) is 0 Å². The first-order valence-corrected chi connectivity index (χ1v) is 6.79. The fraction of sp³-hybridized carbons (Fsp3) is 0.571. The molecule has 0 aliphatic carbocycles. The third-order valence-corrected chi connectivity index (χ3v) is 3.91. The predicted molar refractivity (Wildman–Crippen MR) is 74.7 cm³/mol. The Balaban J connectivity index is 2.26. The number of anilines is 1. The first-order valence-electron chi connectivity index (χ1n) is 6.41. The molecular weight excluding hydrogens is 232 g/mol. The minimum absolute atomic E-state index is 0.0420. The van der Waals surface area contributed by atoms with Gasteiger partial charge in [0.15, 0.2) is 0 Å². The smallest absolute Gasteiger partial charge is 0.0642 e. The Morgan fingerprint density at radius 1 is 1.41 bits per heavy atom. The number of hydrogen-bond acceptors (Lipinski definition) is 2. The molecule has 0 saturated carbocycles. The normalized spacial score (nSPS) is 22.6. The van der Waals surface area contributed by atoms with Gasteiger partial charge in [-0.1, -0.05) is 17.7 Å². The molecule has 1 aliphatic rings. The molecule has 2 unspecified atom stereocenters. The molecule has 1 aromatic rings. The molecule has 2 rings (SSSR count). The molecule has 0 bridgehead atoms. The van der Waals surface area contributed by atoms with Crippen molar-refractivity contribution in [1.29, 1.82) is 0 Å². The maximum absolute atomic E-state index is 6.37. The summed E-state index contributed by atoms with van der Waals surface area (Å²) in [5, 5.41) is 0.827. The van der Waals surface area contributed by atoms with Crippen LogP contribution < -0.4 is 10.6 Å². The standard InChI is InChI=1S/C14H21ClN2/c1-10-5-3-4-8-17(10)14-7-6-12(11(2)16)9-13(14)15/h6-7,9-11H,3-5,8,16H2,1-2H3. The number of benzene rings is 1. The second-order valence-corrected chi connectivity index (χ2v) is 5.44. The highest BCUT2D eigenvalue weighted by atomic mass is 35.5. The predicted octanol–water partition coefficient (Wildman–Crippen LogP) is 3.74. The Hall–Kier alpha value is -0.730. The Labute approximate surface area is 109 Å². The van der Waals surface area contributed by atoms with E-state index >= 15 is 0 Å². The first kappa shape index (κ1) is 12.7. The number of nitrogens with two attached hydrogens (primary N) is 1. The van der Waals surface area contributed by atoms with Crippen LogP contribution in [0.2, 0.25) is 5.02 Å². The van der Waals surface area contributed by atoms with E-state index in [9.17, 15) is 0 Å². The summed E-state index contributed by atoms with van der Waals surface area (Å²) in [5.74, 6) is 0. The molecule has 17 heavy (non-hydrogen) atoms. The van der Waals surface area contributed by atoms with Crippen LogP contribution in [0.3, 0.4) is 0 Å². The number of nitrogens with zero attached hydrogens (tertiary/aromatic N) is 1. The van der Waals surface area contributed by atoms with Gasteiger partial charge in [0.05, 0.1) is 10.7 Å². The summed E-state index contributed by atoms with van der Waals surface area (Å²) >= 11 is 6.37. The molecule has 94 valence electrons. The molecule has 2 nitrogen and oxygen atoms in total. The van der Waals surface area contributed by atoms with Gasteiger partial charge >= 0.3 is 0 Å². The van der Waals surface area contributed by atoms with Crippen molar-refractivity contribution in [2.24, 2.45) is 5.73 Å². The zero-order chi connectivity index (χ0) is 12.4. The van der Waals surface area contributed by atoms with E-state index in [1.807, 2.05) is 13.0 Å². The summed E-state index contributed by atoms with van der Waals surface area (Å²) in [6.45, 7) is 5.36. The summed E-state index contributed by atoms with van der Waals surface area (Å²) in [5.41, 5.74) is 8.12. The average molecular weight is 253 g/mol. The van der Waals surface area contributed by atoms with Crippen molar-refractivity contribution in [2.45, 2.75) is 45.2 Å². The van der Waals surface area contributed by atoms with Gasteiger partial charge in [0.1, 0.15) is 0 Å². The molecule has 0 radical (unpaired) electrons. The molecule has 1 fully saturated rings. The second kappa shape index (κ2) is 5.28. The van der Waals surface area contributed by atoms with Crippen molar-refractivity contribution in [2.75, 3.05) is 11.4 Å². The van der Waals surface area contributed by atoms with E-state index in [1.54, 1.807) is 0 Å². The molecular formula is C14H21ClN2. The number of rotatable bonds is 2. The topological polar surface area (TPSA) is 29.3 Å². The molecule has 1 saturated heterocycles. The van der Waals surface area contributed by atoms with Crippen LogP contribution in [0.15, 0.2) is 18.2 Å². The Kier molecular flexibility index (Phi) is 3.95. The maximum Gasteiger partial charge on any atom is 0.0642 e. The van der Waals surface area contributed by atoms with E-state index in [0.29, 0.717) is 6.04 Å². The summed E-state index contributed by atoms with van der Waals surface area (Å²) in [6.07, 6.45) is 3.84. The highest BCUT2D eigenvalue weighted by Gasteiger charge is 2.20. The van der Waals surface area contributed by atoms with Gasteiger partial charge in [0.25, 0.3) is 0 Å². The zero-order valence-corrected chi connectivity index (χ0v) is 11.4. The molecule has 0 aromatic heterocycles. The SMILES string of the molecule is CC(N)c1ccc(N2CCCCC2C)c(Cl)c1. The zero-order valence-electron chi connectivity index (χ0n) is 10.6. The van der Waals surface area contributed by atoms with Gasteiger partial charge in [-0.05, 0) is 50.8 Å². The van der Waals surface area contributed by atoms with E-state index in [2.05, 4.69) is 24.0 Å². The molecule has 1 heterocycles. The van der Waals surface area contributed by atoms with Crippen LogP contribution in [0, 0.1) is 0 Å². The van der Waals surface area contributed by atoms with E-state index in [-0.39, 0.29) is 6.04 Å². The largest absolute Gasteiger partial charge is 0.368 e. The lowest BCUT2D eigenvalue weighted by molar-refractivity contribution is 0.485. The van der Waals surface area contributed by atoms with Crippen molar-refractivity contribution >= 4 is 17.3 Å². The lowest BCUT2D eigenvalue weighted by atomic mass is 10.0. The number of hydrogen-bond donors (Lipinski definition) is 1. The Morgan fingerprint density at radius 3 is 2.76 bits per heavy atom. The van der Waals surface area contributed by atoms with Gasteiger partial charge in [-0.3, -0.25) is 0 Å². The Morgan fingerprint density at radius 2 is 2.18 bits per heavy atom. The molecule has 2 atom stereocenters.